The van der Waals surface area contributed by atoms with Gasteiger partial charge in [-0.2, -0.15) is 13.2 Å². The van der Waals surface area contributed by atoms with Gasteiger partial charge in [0.15, 0.2) is 0 Å². The van der Waals surface area contributed by atoms with Crippen LogP contribution < -0.4 is 0 Å². The van der Waals surface area contributed by atoms with Crippen molar-refractivity contribution in [2.45, 2.75) is 22.7 Å². The maximum absolute atomic E-state index is 13.0. The Bertz CT molecular complexity index is 558. The van der Waals surface area contributed by atoms with E-state index in [0.29, 0.717) is 5.03 Å². The zero-order valence-corrected chi connectivity index (χ0v) is 10.5. The zero-order valence-electron chi connectivity index (χ0n) is 9.69. The van der Waals surface area contributed by atoms with Crippen molar-refractivity contribution in [3.8, 4) is 0 Å². The van der Waals surface area contributed by atoms with E-state index in [-0.39, 0.29) is 10.5 Å². The van der Waals surface area contributed by atoms with Gasteiger partial charge < -0.3 is 5.11 Å². The van der Waals surface area contributed by atoms with Crippen molar-refractivity contribution < 1.29 is 18.3 Å². The lowest BCUT2D eigenvalue weighted by Crippen LogP contribution is -2.07. The lowest BCUT2D eigenvalue weighted by Gasteiger charge is -2.13. The summed E-state index contributed by atoms with van der Waals surface area (Å²) in [4.78, 5) is 4.06. The van der Waals surface area contributed by atoms with Gasteiger partial charge in [0.25, 0.3) is 0 Å². The molecule has 0 spiro atoms. The minimum atomic E-state index is -4.46. The van der Waals surface area contributed by atoms with Crippen LogP contribution in [0, 0.1) is 0 Å². The molecular weight excluding hydrogens is 275 g/mol. The van der Waals surface area contributed by atoms with E-state index >= 15 is 0 Å². The normalized spacial score (nSPS) is 11.6. The van der Waals surface area contributed by atoms with Gasteiger partial charge in [-0.15, -0.1) is 0 Å². The van der Waals surface area contributed by atoms with E-state index in [4.69, 9.17) is 5.11 Å². The van der Waals surface area contributed by atoms with E-state index in [0.717, 1.165) is 17.8 Å². The summed E-state index contributed by atoms with van der Waals surface area (Å²) in [6, 6.07) is 8.85. The number of halogens is 3. The highest BCUT2D eigenvalue weighted by atomic mass is 32.2. The van der Waals surface area contributed by atoms with Crippen LogP contribution >= 0.6 is 11.8 Å². The van der Waals surface area contributed by atoms with Gasteiger partial charge >= 0.3 is 6.18 Å². The summed E-state index contributed by atoms with van der Waals surface area (Å²) in [5.74, 6) is 0. The number of nitrogens with zero attached hydrogens (tertiary/aromatic N) is 1. The molecular formula is C13H10F3NOS. The summed E-state index contributed by atoms with van der Waals surface area (Å²) < 4.78 is 38.9. The van der Waals surface area contributed by atoms with E-state index in [1.165, 1.54) is 18.3 Å². The molecule has 0 saturated heterocycles. The summed E-state index contributed by atoms with van der Waals surface area (Å²) in [5, 5.41) is 9.41. The van der Waals surface area contributed by atoms with Crippen molar-refractivity contribution in [2.24, 2.45) is 0 Å². The van der Waals surface area contributed by atoms with Crippen LogP contribution in [0.5, 0.6) is 0 Å². The van der Waals surface area contributed by atoms with Gasteiger partial charge in [0.05, 0.1) is 12.2 Å². The van der Waals surface area contributed by atoms with E-state index in [2.05, 4.69) is 4.98 Å². The Morgan fingerprint density at radius 3 is 2.53 bits per heavy atom. The summed E-state index contributed by atoms with van der Waals surface area (Å²) >= 11 is 0.948. The number of hydrogen-bond acceptors (Lipinski definition) is 3. The van der Waals surface area contributed by atoms with Crippen molar-refractivity contribution in [1.82, 2.24) is 4.98 Å². The topological polar surface area (TPSA) is 33.1 Å². The van der Waals surface area contributed by atoms with E-state index < -0.39 is 18.3 Å². The molecule has 1 aromatic heterocycles. The molecule has 6 heteroatoms. The largest absolute Gasteiger partial charge is 0.417 e. The number of aromatic nitrogens is 1. The molecule has 1 N–H and O–H groups in total. The lowest BCUT2D eigenvalue weighted by atomic mass is 10.1. The highest BCUT2D eigenvalue weighted by Crippen LogP contribution is 2.39. The summed E-state index contributed by atoms with van der Waals surface area (Å²) in [5.41, 5.74) is -0.521. The van der Waals surface area contributed by atoms with Crippen LogP contribution in [0.1, 0.15) is 11.1 Å². The first-order chi connectivity index (χ1) is 9.00. The van der Waals surface area contributed by atoms with Crippen LogP contribution in [-0.4, -0.2) is 10.1 Å². The quantitative estimate of drug-likeness (QED) is 0.932. The van der Waals surface area contributed by atoms with E-state index in [1.54, 1.807) is 18.2 Å². The summed E-state index contributed by atoms with van der Waals surface area (Å²) in [7, 11) is 0. The standard InChI is InChI=1S/C13H10F3NOS/c14-13(15,16)10-7-9(8-18)4-5-11(10)19-12-3-1-2-6-17-12/h1-7,18H,8H2. The number of aliphatic hydroxyl groups is 1. The second-order valence-corrected chi connectivity index (χ2v) is 4.82. The first-order valence-electron chi connectivity index (χ1n) is 5.40. The van der Waals surface area contributed by atoms with Gasteiger partial charge in [0.2, 0.25) is 0 Å². The van der Waals surface area contributed by atoms with Crippen LogP contribution in [0.25, 0.3) is 0 Å². The molecule has 0 radical (unpaired) electrons. The molecule has 0 aliphatic rings. The van der Waals surface area contributed by atoms with Gasteiger partial charge in [0, 0.05) is 11.1 Å². The third kappa shape index (κ3) is 3.48. The molecule has 0 aliphatic carbocycles. The Labute approximate surface area is 112 Å². The molecule has 0 aliphatic heterocycles. The van der Waals surface area contributed by atoms with Crippen LogP contribution in [0.15, 0.2) is 52.5 Å². The van der Waals surface area contributed by atoms with Crippen LogP contribution in [0.2, 0.25) is 0 Å². The summed E-state index contributed by atoms with van der Waals surface area (Å²) in [6.45, 7) is -0.419. The number of benzene rings is 1. The fourth-order valence-corrected chi connectivity index (χ4v) is 2.41. The highest BCUT2D eigenvalue weighted by Gasteiger charge is 2.34. The molecule has 0 atom stereocenters. The molecule has 0 fully saturated rings. The van der Waals surface area contributed by atoms with Crippen LogP contribution in [-0.2, 0) is 12.8 Å². The monoisotopic (exact) mass is 285 g/mol. The van der Waals surface area contributed by atoms with Crippen molar-refractivity contribution in [1.29, 1.82) is 0 Å². The Morgan fingerprint density at radius 2 is 1.95 bits per heavy atom. The molecule has 0 amide bonds. The molecule has 1 heterocycles. The molecule has 2 nitrogen and oxygen atoms in total. The Hall–Kier alpha value is -1.53. The Kier molecular flexibility index (Phi) is 4.11. The smallest absolute Gasteiger partial charge is 0.392 e. The maximum atomic E-state index is 13.0. The number of aliphatic hydroxyl groups excluding tert-OH is 1. The van der Waals surface area contributed by atoms with Crippen molar-refractivity contribution in [3.63, 3.8) is 0 Å². The minimum absolute atomic E-state index is 0.0726. The number of hydrogen-bond donors (Lipinski definition) is 1. The van der Waals surface area contributed by atoms with Crippen molar-refractivity contribution in [3.05, 3.63) is 53.7 Å². The Morgan fingerprint density at radius 1 is 1.16 bits per heavy atom. The van der Waals surface area contributed by atoms with Crippen molar-refractivity contribution >= 4 is 11.8 Å². The third-order valence-electron chi connectivity index (χ3n) is 2.38. The molecule has 0 saturated carbocycles. The van der Waals surface area contributed by atoms with E-state index in [9.17, 15) is 13.2 Å². The molecule has 19 heavy (non-hydrogen) atoms. The van der Waals surface area contributed by atoms with Crippen molar-refractivity contribution in [2.75, 3.05) is 0 Å². The molecule has 0 bridgehead atoms. The van der Waals surface area contributed by atoms with Gasteiger partial charge in [-0.3, -0.25) is 0 Å². The molecule has 0 unspecified atom stereocenters. The van der Waals surface area contributed by atoms with E-state index in [1.807, 2.05) is 0 Å². The first-order valence-corrected chi connectivity index (χ1v) is 6.22. The SMILES string of the molecule is OCc1ccc(Sc2ccccn2)c(C(F)(F)F)c1. The fraction of sp³-hybridized carbons (Fsp3) is 0.154. The minimum Gasteiger partial charge on any atom is -0.392 e. The lowest BCUT2D eigenvalue weighted by molar-refractivity contribution is -0.139. The van der Waals surface area contributed by atoms with Crippen LogP contribution in [0.3, 0.4) is 0 Å². The molecule has 2 rings (SSSR count). The average molecular weight is 285 g/mol. The van der Waals surface area contributed by atoms with Gasteiger partial charge in [-0.25, -0.2) is 4.98 Å². The number of rotatable bonds is 3. The Balaban J connectivity index is 2.40. The second-order valence-electron chi connectivity index (χ2n) is 3.76. The third-order valence-corrected chi connectivity index (χ3v) is 3.41. The maximum Gasteiger partial charge on any atom is 0.417 e. The number of alkyl halides is 3. The average Bonchev–Trinajstić information content (AvgIpc) is 2.39. The summed E-state index contributed by atoms with van der Waals surface area (Å²) in [6.07, 6.45) is -2.93. The molecule has 1 aromatic carbocycles. The number of pyridine rings is 1. The fourth-order valence-electron chi connectivity index (χ4n) is 1.51. The van der Waals surface area contributed by atoms with Gasteiger partial charge in [0.1, 0.15) is 5.03 Å². The molecule has 100 valence electrons. The highest BCUT2D eigenvalue weighted by molar-refractivity contribution is 7.99. The first kappa shape index (κ1) is 13.9. The van der Waals surface area contributed by atoms with Crippen LogP contribution in [0.4, 0.5) is 13.2 Å². The molecule has 2 aromatic rings. The predicted octanol–water partition coefficient (Wildman–Crippen LogP) is 3.74. The van der Waals surface area contributed by atoms with Gasteiger partial charge in [-0.1, -0.05) is 23.9 Å². The van der Waals surface area contributed by atoms with Gasteiger partial charge in [-0.05, 0) is 29.8 Å². The predicted molar refractivity (Wildman–Crippen MR) is 65.7 cm³/mol. The zero-order chi connectivity index (χ0) is 13.9. The second kappa shape index (κ2) is 5.63.